The molecule has 0 unspecified atom stereocenters. The molecular formula is C12H10N2O2. The number of rotatable bonds is 1. The van der Waals surface area contributed by atoms with Crippen molar-refractivity contribution in [2.45, 2.75) is 0 Å². The number of fused-ring (bicyclic) bond motifs is 1. The Labute approximate surface area is 91.6 Å². The van der Waals surface area contributed by atoms with Crippen molar-refractivity contribution < 1.29 is 9.90 Å². The molecule has 1 amide bonds. The molecule has 0 radical (unpaired) electrons. The maximum absolute atomic E-state index is 11.1. The van der Waals surface area contributed by atoms with E-state index in [1.165, 1.54) is 0 Å². The number of phenols is 1. The van der Waals surface area contributed by atoms with Crippen LogP contribution in [0, 0.1) is 0 Å². The molecule has 0 bridgehead atoms. The number of carbonyl (C=O) groups excluding carboxylic acids is 1. The number of benzene rings is 1. The number of aromatic hydroxyl groups is 1. The zero-order valence-electron chi connectivity index (χ0n) is 8.45. The van der Waals surface area contributed by atoms with Crippen molar-refractivity contribution in [3.63, 3.8) is 0 Å². The summed E-state index contributed by atoms with van der Waals surface area (Å²) < 4.78 is 0. The van der Waals surface area contributed by atoms with E-state index >= 15 is 0 Å². The molecule has 3 rings (SSSR count). The fourth-order valence-corrected chi connectivity index (χ4v) is 1.99. The van der Waals surface area contributed by atoms with E-state index in [4.69, 9.17) is 0 Å². The average Bonchev–Trinajstić information content (AvgIpc) is 2.83. The number of aromatic nitrogens is 1. The Balaban J connectivity index is 2.21. The summed E-state index contributed by atoms with van der Waals surface area (Å²) in [5, 5.41) is 13.1. The summed E-state index contributed by atoms with van der Waals surface area (Å²) in [5.74, 6) is 0.163. The van der Waals surface area contributed by atoms with Gasteiger partial charge in [0.2, 0.25) is 5.91 Å². The Morgan fingerprint density at radius 1 is 1.31 bits per heavy atom. The third-order valence-electron chi connectivity index (χ3n) is 2.77. The Morgan fingerprint density at radius 2 is 2.19 bits per heavy atom. The Morgan fingerprint density at radius 3 is 2.94 bits per heavy atom. The summed E-state index contributed by atoms with van der Waals surface area (Å²) in [6.07, 6.45) is 3.45. The van der Waals surface area contributed by atoms with Crippen LogP contribution in [0.3, 0.4) is 0 Å². The van der Waals surface area contributed by atoms with E-state index in [9.17, 15) is 9.90 Å². The van der Waals surface area contributed by atoms with Crippen molar-refractivity contribution >= 4 is 22.4 Å². The minimum Gasteiger partial charge on any atom is -0.508 e. The highest BCUT2D eigenvalue weighted by Gasteiger charge is 2.15. The largest absolute Gasteiger partial charge is 0.508 e. The lowest BCUT2D eigenvalue weighted by Crippen LogP contribution is -2.14. The smallest absolute Gasteiger partial charge is 0.244 e. The standard InChI is InChI=1S/C12H10N2O2/c15-8-1-2-11-9(4-8)10(6-13-11)7-3-12(16)14-5-7/h1-4,6,13,15H,5H2,(H,14,16). The Hall–Kier alpha value is -2.23. The summed E-state index contributed by atoms with van der Waals surface area (Å²) in [4.78, 5) is 14.2. The summed E-state index contributed by atoms with van der Waals surface area (Å²) in [5.41, 5.74) is 2.86. The van der Waals surface area contributed by atoms with Crippen LogP contribution in [0.1, 0.15) is 5.56 Å². The summed E-state index contributed by atoms with van der Waals surface area (Å²) >= 11 is 0. The molecule has 3 N–H and O–H groups in total. The van der Waals surface area contributed by atoms with Gasteiger partial charge < -0.3 is 15.4 Å². The van der Waals surface area contributed by atoms with Crippen LogP contribution in [0.4, 0.5) is 0 Å². The van der Waals surface area contributed by atoms with E-state index in [0.29, 0.717) is 6.54 Å². The molecule has 1 aromatic heterocycles. The van der Waals surface area contributed by atoms with Gasteiger partial charge in [-0.2, -0.15) is 0 Å². The second-order valence-electron chi connectivity index (χ2n) is 3.82. The molecule has 4 nitrogen and oxygen atoms in total. The molecule has 1 aliphatic heterocycles. The van der Waals surface area contributed by atoms with Crippen LogP contribution < -0.4 is 5.32 Å². The number of hydrogen-bond acceptors (Lipinski definition) is 2. The van der Waals surface area contributed by atoms with Crippen LogP contribution in [0.25, 0.3) is 16.5 Å². The van der Waals surface area contributed by atoms with Crippen LogP contribution in [0.5, 0.6) is 5.75 Å². The van der Waals surface area contributed by atoms with Gasteiger partial charge in [-0.1, -0.05) is 0 Å². The molecule has 2 aromatic rings. The lowest BCUT2D eigenvalue weighted by atomic mass is 10.1. The molecule has 4 heteroatoms. The van der Waals surface area contributed by atoms with Gasteiger partial charge in [0.15, 0.2) is 0 Å². The van der Waals surface area contributed by atoms with Crippen LogP contribution >= 0.6 is 0 Å². The molecule has 0 saturated heterocycles. The molecule has 1 aromatic carbocycles. The summed E-state index contributed by atoms with van der Waals surface area (Å²) in [6.45, 7) is 0.543. The van der Waals surface area contributed by atoms with Gasteiger partial charge >= 0.3 is 0 Å². The highest BCUT2D eigenvalue weighted by molar-refractivity contribution is 6.05. The van der Waals surface area contributed by atoms with Crippen molar-refractivity contribution in [1.29, 1.82) is 0 Å². The van der Waals surface area contributed by atoms with Gasteiger partial charge in [0, 0.05) is 35.3 Å². The van der Waals surface area contributed by atoms with E-state index in [1.54, 1.807) is 18.2 Å². The molecule has 80 valence electrons. The second-order valence-corrected chi connectivity index (χ2v) is 3.82. The van der Waals surface area contributed by atoms with Crippen molar-refractivity contribution in [2.75, 3.05) is 6.54 Å². The molecule has 16 heavy (non-hydrogen) atoms. The van der Waals surface area contributed by atoms with E-state index in [2.05, 4.69) is 10.3 Å². The Kier molecular flexibility index (Phi) is 1.77. The predicted molar refractivity (Wildman–Crippen MR) is 61.0 cm³/mol. The normalized spacial score (nSPS) is 15.2. The molecule has 0 aliphatic carbocycles. The summed E-state index contributed by atoms with van der Waals surface area (Å²) in [6, 6.07) is 5.15. The molecule has 1 aliphatic rings. The number of carbonyl (C=O) groups is 1. The zero-order chi connectivity index (χ0) is 11.1. The number of phenolic OH excluding ortho intramolecular Hbond substituents is 1. The number of amides is 1. The number of aromatic amines is 1. The fraction of sp³-hybridized carbons (Fsp3) is 0.0833. The number of hydrogen-bond donors (Lipinski definition) is 3. The predicted octanol–water partition coefficient (Wildman–Crippen LogP) is 1.39. The van der Waals surface area contributed by atoms with Crippen molar-refractivity contribution in [3.05, 3.63) is 36.0 Å². The summed E-state index contributed by atoms with van der Waals surface area (Å²) in [7, 11) is 0. The van der Waals surface area contributed by atoms with Crippen LogP contribution in [-0.4, -0.2) is 22.5 Å². The first-order valence-corrected chi connectivity index (χ1v) is 5.03. The van der Waals surface area contributed by atoms with Crippen molar-refractivity contribution in [1.82, 2.24) is 10.3 Å². The first-order valence-electron chi connectivity index (χ1n) is 5.03. The molecular weight excluding hydrogens is 204 g/mol. The van der Waals surface area contributed by atoms with Crippen LogP contribution in [0.15, 0.2) is 30.5 Å². The second kappa shape index (κ2) is 3.13. The molecule has 2 heterocycles. The third-order valence-corrected chi connectivity index (χ3v) is 2.77. The lowest BCUT2D eigenvalue weighted by Gasteiger charge is -1.99. The van der Waals surface area contributed by atoms with Gasteiger partial charge in [-0.15, -0.1) is 0 Å². The van der Waals surface area contributed by atoms with Crippen molar-refractivity contribution in [3.8, 4) is 5.75 Å². The SMILES string of the molecule is O=C1C=C(c2c[nH]c3ccc(O)cc23)CN1. The maximum Gasteiger partial charge on any atom is 0.244 e. The quantitative estimate of drug-likeness (QED) is 0.671. The van der Waals surface area contributed by atoms with Gasteiger partial charge in [0.05, 0.1) is 0 Å². The van der Waals surface area contributed by atoms with E-state index in [-0.39, 0.29) is 11.7 Å². The maximum atomic E-state index is 11.1. The van der Waals surface area contributed by atoms with Gasteiger partial charge in [0.1, 0.15) is 5.75 Å². The minimum absolute atomic E-state index is 0.0653. The van der Waals surface area contributed by atoms with E-state index in [0.717, 1.165) is 22.0 Å². The molecule has 0 spiro atoms. The third kappa shape index (κ3) is 1.27. The highest BCUT2D eigenvalue weighted by Crippen LogP contribution is 2.28. The van der Waals surface area contributed by atoms with Gasteiger partial charge in [-0.3, -0.25) is 4.79 Å². The van der Waals surface area contributed by atoms with Crippen LogP contribution in [0.2, 0.25) is 0 Å². The van der Waals surface area contributed by atoms with Gasteiger partial charge in [-0.05, 0) is 23.8 Å². The van der Waals surface area contributed by atoms with E-state index < -0.39 is 0 Å². The Bertz CT molecular complexity index is 611. The molecule has 0 saturated carbocycles. The van der Waals surface area contributed by atoms with Gasteiger partial charge in [-0.25, -0.2) is 0 Å². The zero-order valence-corrected chi connectivity index (χ0v) is 8.45. The van der Waals surface area contributed by atoms with Gasteiger partial charge in [0.25, 0.3) is 0 Å². The fourth-order valence-electron chi connectivity index (χ4n) is 1.99. The number of nitrogens with one attached hydrogen (secondary N) is 2. The number of H-pyrrole nitrogens is 1. The lowest BCUT2D eigenvalue weighted by molar-refractivity contribution is -0.115. The molecule has 0 fully saturated rings. The first-order chi connectivity index (χ1) is 7.74. The highest BCUT2D eigenvalue weighted by atomic mass is 16.3. The first kappa shape index (κ1) is 9.03. The van der Waals surface area contributed by atoms with Crippen molar-refractivity contribution in [2.24, 2.45) is 0 Å². The van der Waals surface area contributed by atoms with Crippen LogP contribution in [-0.2, 0) is 4.79 Å². The minimum atomic E-state index is -0.0653. The average molecular weight is 214 g/mol. The monoisotopic (exact) mass is 214 g/mol. The molecule has 0 atom stereocenters. The topological polar surface area (TPSA) is 65.1 Å². The van der Waals surface area contributed by atoms with E-state index in [1.807, 2.05) is 12.3 Å².